The zero-order valence-corrected chi connectivity index (χ0v) is 10.3. The predicted octanol–water partition coefficient (Wildman–Crippen LogP) is 1.54. The van der Waals surface area contributed by atoms with Crippen molar-refractivity contribution in [2.75, 3.05) is 13.6 Å². The van der Waals surface area contributed by atoms with E-state index in [-0.39, 0.29) is 6.04 Å². The summed E-state index contributed by atoms with van der Waals surface area (Å²) in [5, 5.41) is 17.9. The second-order valence-electron chi connectivity index (χ2n) is 4.18. The Bertz CT molecular complexity index is 333. The van der Waals surface area contributed by atoms with Gasteiger partial charge in [0.25, 0.3) is 0 Å². The molecule has 0 aliphatic rings. The van der Waals surface area contributed by atoms with E-state index < -0.39 is 5.60 Å². The first kappa shape index (κ1) is 12.5. The van der Waals surface area contributed by atoms with E-state index in [1.807, 2.05) is 13.8 Å². The third-order valence-electron chi connectivity index (χ3n) is 2.27. The smallest absolute Gasteiger partial charge is 0.117 e. The summed E-state index contributed by atoms with van der Waals surface area (Å²) in [5.74, 6) is 0. The van der Waals surface area contributed by atoms with Crippen LogP contribution < -0.4 is 5.32 Å². The van der Waals surface area contributed by atoms with Crippen molar-refractivity contribution in [3.63, 3.8) is 0 Å². The maximum atomic E-state index is 10.3. The van der Waals surface area contributed by atoms with Crippen LogP contribution in [0.15, 0.2) is 6.20 Å². The zero-order valence-electron chi connectivity index (χ0n) is 9.58. The summed E-state index contributed by atoms with van der Waals surface area (Å²) < 4.78 is 1.75. The average molecular weight is 232 g/mol. The maximum Gasteiger partial charge on any atom is 0.117 e. The maximum absolute atomic E-state index is 10.3. The first-order valence-corrected chi connectivity index (χ1v) is 5.38. The molecule has 1 aromatic rings. The highest BCUT2D eigenvalue weighted by molar-refractivity contribution is 6.31. The van der Waals surface area contributed by atoms with Gasteiger partial charge in [-0.2, -0.15) is 5.10 Å². The Kier molecular flexibility index (Phi) is 3.76. The number of halogens is 1. The second-order valence-corrected chi connectivity index (χ2v) is 4.59. The van der Waals surface area contributed by atoms with Gasteiger partial charge < -0.3 is 10.4 Å². The molecule has 0 aliphatic carbocycles. The Labute approximate surface area is 95.2 Å². The van der Waals surface area contributed by atoms with Crippen molar-refractivity contribution >= 4 is 11.6 Å². The van der Waals surface area contributed by atoms with Gasteiger partial charge in [-0.25, -0.2) is 0 Å². The second kappa shape index (κ2) is 4.51. The van der Waals surface area contributed by atoms with Gasteiger partial charge in [0.2, 0.25) is 0 Å². The summed E-state index contributed by atoms with van der Waals surface area (Å²) in [6.07, 6.45) is 1.57. The molecule has 1 aromatic heterocycles. The predicted molar refractivity (Wildman–Crippen MR) is 61.1 cm³/mol. The van der Waals surface area contributed by atoms with Crippen LogP contribution in [0.25, 0.3) is 0 Å². The number of likely N-dealkylation sites (N-methyl/N-ethyl adjacent to an activating group) is 1. The van der Waals surface area contributed by atoms with E-state index in [9.17, 15) is 5.11 Å². The molecule has 0 radical (unpaired) electrons. The van der Waals surface area contributed by atoms with Gasteiger partial charge >= 0.3 is 0 Å². The minimum absolute atomic E-state index is 0.177. The molecular formula is C10H18ClN3O. The molecule has 15 heavy (non-hydrogen) atoms. The number of aromatic nitrogens is 2. The summed E-state index contributed by atoms with van der Waals surface area (Å²) >= 11 is 6.04. The molecule has 1 atom stereocenters. The number of aliphatic hydroxyl groups is 1. The van der Waals surface area contributed by atoms with Crippen molar-refractivity contribution in [1.82, 2.24) is 15.1 Å². The largest absolute Gasteiger partial charge is 0.382 e. The molecule has 0 saturated heterocycles. The fraction of sp³-hybridized carbons (Fsp3) is 0.700. The SMILES string of the molecule is CNCC(C)(O)c1c(Cl)cnn1C(C)C. The van der Waals surface area contributed by atoms with E-state index in [2.05, 4.69) is 10.4 Å². The van der Waals surface area contributed by atoms with Gasteiger partial charge in [0.15, 0.2) is 0 Å². The van der Waals surface area contributed by atoms with Crippen molar-refractivity contribution in [3.8, 4) is 0 Å². The third-order valence-corrected chi connectivity index (χ3v) is 2.55. The van der Waals surface area contributed by atoms with Gasteiger partial charge in [0, 0.05) is 12.6 Å². The highest BCUT2D eigenvalue weighted by Gasteiger charge is 2.30. The molecule has 0 bridgehead atoms. The van der Waals surface area contributed by atoms with E-state index in [0.717, 1.165) is 0 Å². The summed E-state index contributed by atoms with van der Waals surface area (Å²) in [7, 11) is 1.79. The Morgan fingerprint density at radius 2 is 2.27 bits per heavy atom. The Morgan fingerprint density at radius 3 is 2.73 bits per heavy atom. The van der Waals surface area contributed by atoms with E-state index in [1.54, 1.807) is 24.9 Å². The van der Waals surface area contributed by atoms with Crippen LogP contribution in [0.1, 0.15) is 32.5 Å². The molecule has 2 N–H and O–H groups in total. The molecule has 86 valence electrons. The molecule has 1 heterocycles. The van der Waals surface area contributed by atoms with Crippen LogP contribution >= 0.6 is 11.6 Å². The van der Waals surface area contributed by atoms with Gasteiger partial charge in [-0.1, -0.05) is 11.6 Å². The number of rotatable bonds is 4. The molecule has 1 rings (SSSR count). The Morgan fingerprint density at radius 1 is 1.67 bits per heavy atom. The van der Waals surface area contributed by atoms with Crippen molar-refractivity contribution in [3.05, 3.63) is 16.9 Å². The van der Waals surface area contributed by atoms with Crippen LogP contribution in [-0.2, 0) is 5.60 Å². The summed E-state index contributed by atoms with van der Waals surface area (Å²) in [6, 6.07) is 0.177. The van der Waals surface area contributed by atoms with Crippen LogP contribution in [0.5, 0.6) is 0 Å². The van der Waals surface area contributed by atoms with Gasteiger partial charge in [0.1, 0.15) is 5.60 Å². The lowest BCUT2D eigenvalue weighted by Crippen LogP contribution is -2.36. The number of nitrogens with one attached hydrogen (secondary N) is 1. The van der Waals surface area contributed by atoms with E-state index in [1.165, 1.54) is 0 Å². The average Bonchev–Trinajstić information content (AvgIpc) is 2.47. The number of hydrogen-bond donors (Lipinski definition) is 2. The van der Waals surface area contributed by atoms with Crippen molar-refractivity contribution < 1.29 is 5.11 Å². The monoisotopic (exact) mass is 231 g/mol. The molecule has 1 unspecified atom stereocenters. The summed E-state index contributed by atoms with van der Waals surface area (Å²) in [5.41, 5.74) is -0.347. The van der Waals surface area contributed by atoms with Crippen LogP contribution in [0.3, 0.4) is 0 Å². The molecule has 0 aliphatic heterocycles. The summed E-state index contributed by atoms with van der Waals surface area (Å²) in [6.45, 7) is 6.17. The molecule has 4 nitrogen and oxygen atoms in total. The first-order chi connectivity index (χ1) is 6.90. The van der Waals surface area contributed by atoms with Crippen molar-refractivity contribution in [1.29, 1.82) is 0 Å². The van der Waals surface area contributed by atoms with Gasteiger partial charge in [-0.3, -0.25) is 4.68 Å². The molecule has 0 saturated carbocycles. The number of nitrogens with zero attached hydrogens (tertiary/aromatic N) is 2. The van der Waals surface area contributed by atoms with Crippen molar-refractivity contribution in [2.24, 2.45) is 0 Å². The lowest BCUT2D eigenvalue weighted by Gasteiger charge is -2.26. The zero-order chi connectivity index (χ0) is 11.6. The van der Waals surface area contributed by atoms with Crippen molar-refractivity contribution in [2.45, 2.75) is 32.4 Å². The molecule has 0 amide bonds. The standard InChI is InChI=1S/C10H18ClN3O/c1-7(2)14-9(8(11)5-13-14)10(3,15)6-12-4/h5,7,12,15H,6H2,1-4H3. The molecule has 5 heteroatoms. The molecule has 0 spiro atoms. The third kappa shape index (κ3) is 2.51. The lowest BCUT2D eigenvalue weighted by molar-refractivity contribution is 0.0484. The van der Waals surface area contributed by atoms with Crippen LogP contribution in [-0.4, -0.2) is 28.5 Å². The van der Waals surface area contributed by atoms with Gasteiger partial charge in [0.05, 0.1) is 16.9 Å². The van der Waals surface area contributed by atoms with Gasteiger partial charge in [-0.15, -0.1) is 0 Å². The molecule has 0 fully saturated rings. The van der Waals surface area contributed by atoms with Gasteiger partial charge in [-0.05, 0) is 27.8 Å². The number of hydrogen-bond acceptors (Lipinski definition) is 3. The topological polar surface area (TPSA) is 50.1 Å². The van der Waals surface area contributed by atoms with E-state index >= 15 is 0 Å². The highest BCUT2D eigenvalue weighted by Crippen LogP contribution is 2.29. The molecule has 0 aromatic carbocycles. The highest BCUT2D eigenvalue weighted by atomic mass is 35.5. The fourth-order valence-corrected chi connectivity index (χ4v) is 2.00. The lowest BCUT2D eigenvalue weighted by atomic mass is 10.0. The van der Waals surface area contributed by atoms with Crippen LogP contribution in [0.2, 0.25) is 5.02 Å². The summed E-state index contributed by atoms with van der Waals surface area (Å²) in [4.78, 5) is 0. The fourth-order valence-electron chi connectivity index (χ4n) is 1.66. The van der Waals surface area contributed by atoms with E-state index in [0.29, 0.717) is 17.3 Å². The van der Waals surface area contributed by atoms with Crippen LogP contribution in [0, 0.1) is 0 Å². The molecular weight excluding hydrogens is 214 g/mol. The first-order valence-electron chi connectivity index (χ1n) is 5.00. The normalized spacial score (nSPS) is 15.7. The van der Waals surface area contributed by atoms with E-state index in [4.69, 9.17) is 11.6 Å². The Balaban J connectivity index is 3.16. The minimum Gasteiger partial charge on any atom is -0.382 e. The van der Waals surface area contributed by atoms with Crippen LogP contribution in [0.4, 0.5) is 0 Å². The quantitative estimate of drug-likeness (QED) is 0.827. The Hall–Kier alpha value is -0.580. The minimum atomic E-state index is -1.01.